The molecule has 76 valence electrons. The van der Waals surface area contributed by atoms with E-state index in [9.17, 15) is 4.39 Å². The van der Waals surface area contributed by atoms with Gasteiger partial charge in [-0.25, -0.2) is 4.39 Å². The van der Waals surface area contributed by atoms with E-state index >= 15 is 0 Å². The third-order valence-corrected chi connectivity index (χ3v) is 2.24. The molecule has 1 aromatic carbocycles. The number of ether oxygens (including phenoxy) is 2. The molecule has 1 unspecified atom stereocenters. The summed E-state index contributed by atoms with van der Waals surface area (Å²) in [5.74, 6) is 0.491. The molecule has 2 N–H and O–H groups in total. The average Bonchev–Trinajstić information content (AvgIpc) is 2.19. The summed E-state index contributed by atoms with van der Waals surface area (Å²) in [6.07, 6.45) is 0.892. The molecule has 0 aromatic heterocycles. The molecule has 2 rings (SSSR count). The highest BCUT2D eigenvalue weighted by Crippen LogP contribution is 2.35. The van der Waals surface area contributed by atoms with Crippen LogP contribution in [0.3, 0.4) is 0 Å². The summed E-state index contributed by atoms with van der Waals surface area (Å²) in [6.45, 7) is 2.47. The molecule has 0 saturated carbocycles. The van der Waals surface area contributed by atoms with E-state index in [0.29, 0.717) is 18.1 Å². The van der Waals surface area contributed by atoms with Gasteiger partial charge in [-0.2, -0.15) is 0 Å². The van der Waals surface area contributed by atoms with Gasteiger partial charge in [0, 0.05) is 12.1 Å². The van der Waals surface area contributed by atoms with Crippen LogP contribution in [0.25, 0.3) is 0 Å². The molecule has 0 fully saturated rings. The van der Waals surface area contributed by atoms with Gasteiger partial charge in [-0.3, -0.25) is 0 Å². The number of anilines is 1. The first kappa shape index (κ1) is 9.12. The molecule has 1 atom stereocenters. The average molecular weight is 197 g/mol. The molecule has 0 radical (unpaired) electrons. The van der Waals surface area contributed by atoms with E-state index in [1.54, 1.807) is 0 Å². The van der Waals surface area contributed by atoms with Crippen molar-refractivity contribution in [1.82, 2.24) is 0 Å². The van der Waals surface area contributed by atoms with Gasteiger partial charge in [0.25, 0.3) is 0 Å². The zero-order valence-electron chi connectivity index (χ0n) is 7.92. The summed E-state index contributed by atoms with van der Waals surface area (Å²) in [4.78, 5) is 0. The van der Waals surface area contributed by atoms with Crippen molar-refractivity contribution in [2.75, 3.05) is 12.3 Å². The smallest absolute Gasteiger partial charge is 0.164 e. The topological polar surface area (TPSA) is 44.5 Å². The Morgan fingerprint density at radius 1 is 1.50 bits per heavy atom. The van der Waals surface area contributed by atoms with Gasteiger partial charge in [-0.1, -0.05) is 6.92 Å². The molecule has 1 heterocycles. The Balaban J connectivity index is 2.33. The van der Waals surface area contributed by atoms with Crippen molar-refractivity contribution in [3.63, 3.8) is 0 Å². The fourth-order valence-corrected chi connectivity index (χ4v) is 1.35. The molecular weight excluding hydrogens is 185 g/mol. The molecule has 0 spiro atoms. The van der Waals surface area contributed by atoms with Gasteiger partial charge >= 0.3 is 0 Å². The molecule has 14 heavy (non-hydrogen) atoms. The van der Waals surface area contributed by atoms with Crippen LogP contribution in [0.5, 0.6) is 11.5 Å². The second-order valence-electron chi connectivity index (χ2n) is 3.28. The minimum Gasteiger partial charge on any atom is -0.486 e. The van der Waals surface area contributed by atoms with Crippen LogP contribution >= 0.6 is 0 Å². The third-order valence-electron chi connectivity index (χ3n) is 2.24. The van der Waals surface area contributed by atoms with Crippen LogP contribution in [-0.2, 0) is 0 Å². The van der Waals surface area contributed by atoms with Gasteiger partial charge in [0.05, 0.1) is 5.69 Å². The Bertz CT molecular complexity index is 354. The van der Waals surface area contributed by atoms with Gasteiger partial charge in [0.15, 0.2) is 11.5 Å². The first-order valence-corrected chi connectivity index (χ1v) is 4.59. The maximum atomic E-state index is 13.0. The highest BCUT2D eigenvalue weighted by Gasteiger charge is 2.20. The number of hydrogen-bond acceptors (Lipinski definition) is 3. The lowest BCUT2D eigenvalue weighted by atomic mass is 10.2. The van der Waals surface area contributed by atoms with Crippen LogP contribution in [-0.4, -0.2) is 12.7 Å². The predicted octanol–water partition coefficient (Wildman–Crippen LogP) is 1.96. The number of halogens is 1. The quantitative estimate of drug-likeness (QED) is 0.700. The summed E-state index contributed by atoms with van der Waals surface area (Å²) >= 11 is 0. The van der Waals surface area contributed by atoms with E-state index < -0.39 is 5.82 Å². The SMILES string of the molecule is CCC1COc2cc(F)c(N)cc2O1. The number of fused-ring (bicyclic) bond motifs is 1. The summed E-state index contributed by atoms with van der Waals surface area (Å²) in [7, 11) is 0. The van der Waals surface area contributed by atoms with Crippen molar-refractivity contribution in [3.8, 4) is 11.5 Å². The van der Waals surface area contributed by atoms with Crippen LogP contribution in [0.15, 0.2) is 12.1 Å². The Kier molecular flexibility index (Phi) is 2.19. The summed E-state index contributed by atoms with van der Waals surface area (Å²) in [5.41, 5.74) is 5.51. The van der Waals surface area contributed by atoms with Crippen LogP contribution < -0.4 is 15.2 Å². The van der Waals surface area contributed by atoms with E-state index in [1.165, 1.54) is 12.1 Å². The van der Waals surface area contributed by atoms with Crippen molar-refractivity contribution >= 4 is 5.69 Å². The van der Waals surface area contributed by atoms with Crippen LogP contribution in [0.4, 0.5) is 10.1 Å². The standard InChI is InChI=1S/C10H12FNO2/c1-2-6-5-13-9-3-7(11)8(12)4-10(9)14-6/h3-4,6H,2,5,12H2,1H3. The monoisotopic (exact) mass is 197 g/mol. The van der Waals surface area contributed by atoms with E-state index in [1.807, 2.05) is 6.92 Å². The molecule has 1 aromatic rings. The van der Waals surface area contributed by atoms with Gasteiger partial charge in [-0.15, -0.1) is 0 Å². The van der Waals surface area contributed by atoms with Gasteiger partial charge in [0.1, 0.15) is 18.5 Å². The van der Waals surface area contributed by atoms with Crippen molar-refractivity contribution < 1.29 is 13.9 Å². The largest absolute Gasteiger partial charge is 0.486 e. The maximum Gasteiger partial charge on any atom is 0.164 e. The first-order valence-electron chi connectivity index (χ1n) is 4.59. The van der Waals surface area contributed by atoms with Crippen LogP contribution in [0.2, 0.25) is 0 Å². The summed E-state index contributed by atoms with van der Waals surface area (Å²) in [6, 6.07) is 2.73. The lowest BCUT2D eigenvalue weighted by molar-refractivity contribution is 0.0881. The fourth-order valence-electron chi connectivity index (χ4n) is 1.35. The number of rotatable bonds is 1. The van der Waals surface area contributed by atoms with E-state index in [-0.39, 0.29) is 11.8 Å². The van der Waals surface area contributed by atoms with Crippen molar-refractivity contribution in [2.45, 2.75) is 19.4 Å². The van der Waals surface area contributed by atoms with Crippen LogP contribution in [0.1, 0.15) is 13.3 Å². The number of hydrogen-bond donors (Lipinski definition) is 1. The Hall–Kier alpha value is -1.45. The van der Waals surface area contributed by atoms with E-state index in [4.69, 9.17) is 15.2 Å². The zero-order valence-corrected chi connectivity index (χ0v) is 7.92. The van der Waals surface area contributed by atoms with Gasteiger partial charge in [-0.05, 0) is 6.42 Å². The lowest BCUT2D eigenvalue weighted by Gasteiger charge is -2.25. The zero-order chi connectivity index (χ0) is 10.1. The minimum absolute atomic E-state index is 0.0346. The van der Waals surface area contributed by atoms with Crippen molar-refractivity contribution in [1.29, 1.82) is 0 Å². The second kappa shape index (κ2) is 3.36. The Morgan fingerprint density at radius 3 is 3.00 bits per heavy atom. The normalized spacial score (nSPS) is 19.4. The third kappa shape index (κ3) is 1.47. The highest BCUT2D eigenvalue weighted by molar-refractivity contribution is 5.53. The molecule has 0 aliphatic carbocycles. The maximum absolute atomic E-state index is 13.0. The molecule has 0 bridgehead atoms. The molecule has 3 nitrogen and oxygen atoms in total. The second-order valence-corrected chi connectivity index (χ2v) is 3.28. The van der Waals surface area contributed by atoms with E-state index in [0.717, 1.165) is 6.42 Å². The molecule has 1 aliphatic rings. The molecule has 0 amide bonds. The fraction of sp³-hybridized carbons (Fsp3) is 0.400. The Labute approximate surface area is 81.6 Å². The number of nitrogen functional groups attached to an aromatic ring is 1. The van der Waals surface area contributed by atoms with Crippen molar-refractivity contribution in [3.05, 3.63) is 17.9 Å². The van der Waals surface area contributed by atoms with Crippen LogP contribution in [0, 0.1) is 5.82 Å². The van der Waals surface area contributed by atoms with Gasteiger partial charge < -0.3 is 15.2 Å². The highest BCUT2D eigenvalue weighted by atomic mass is 19.1. The molecule has 1 aliphatic heterocycles. The Morgan fingerprint density at radius 2 is 2.29 bits per heavy atom. The lowest BCUT2D eigenvalue weighted by Crippen LogP contribution is -2.28. The molecular formula is C10H12FNO2. The predicted molar refractivity (Wildman–Crippen MR) is 51.0 cm³/mol. The number of benzene rings is 1. The summed E-state index contributed by atoms with van der Waals surface area (Å²) in [5, 5.41) is 0. The summed E-state index contributed by atoms with van der Waals surface area (Å²) < 4.78 is 23.9. The first-order chi connectivity index (χ1) is 6.70. The minimum atomic E-state index is -0.470. The van der Waals surface area contributed by atoms with Gasteiger partial charge in [0.2, 0.25) is 0 Å². The molecule has 0 saturated heterocycles. The van der Waals surface area contributed by atoms with E-state index in [2.05, 4.69) is 0 Å². The number of nitrogens with two attached hydrogens (primary N) is 1. The molecule has 4 heteroatoms. The van der Waals surface area contributed by atoms with Crippen molar-refractivity contribution in [2.24, 2.45) is 0 Å².